The zero-order valence-corrected chi connectivity index (χ0v) is 19.4. The molecule has 4 atom stereocenters. The monoisotopic (exact) mass is 442 g/mol. The number of aryl methyl sites for hydroxylation is 1. The molecule has 0 aromatic heterocycles. The van der Waals surface area contributed by atoms with E-state index in [0.29, 0.717) is 23.8 Å². The first-order valence-electron chi connectivity index (χ1n) is 11.1. The Balaban J connectivity index is 1.65. The SMILES string of the molecule is CC(C)c1ccc2c(c1)[C@H]1O[C@@H](CCc3cccc(Cl)c3)[C@@H](C(=O)O)C[C@@H]1C(C)(C)O2. The van der Waals surface area contributed by atoms with Crippen molar-refractivity contribution in [2.24, 2.45) is 11.8 Å². The van der Waals surface area contributed by atoms with Gasteiger partial charge in [-0.2, -0.15) is 0 Å². The molecule has 1 fully saturated rings. The van der Waals surface area contributed by atoms with Crippen LogP contribution in [-0.4, -0.2) is 22.8 Å². The summed E-state index contributed by atoms with van der Waals surface area (Å²) in [5.74, 6) is -0.137. The number of hydrogen-bond acceptors (Lipinski definition) is 3. The maximum atomic E-state index is 12.2. The molecule has 2 aliphatic rings. The molecule has 5 heteroatoms. The fourth-order valence-corrected chi connectivity index (χ4v) is 5.21. The second-order valence-corrected chi connectivity index (χ2v) is 10.1. The summed E-state index contributed by atoms with van der Waals surface area (Å²) in [6, 6.07) is 14.1. The van der Waals surface area contributed by atoms with Gasteiger partial charge in [-0.15, -0.1) is 0 Å². The lowest BCUT2D eigenvalue weighted by Gasteiger charge is -2.50. The highest BCUT2D eigenvalue weighted by Gasteiger charge is 2.52. The molecule has 0 spiro atoms. The van der Waals surface area contributed by atoms with E-state index in [1.165, 1.54) is 5.56 Å². The molecule has 166 valence electrons. The van der Waals surface area contributed by atoms with Crippen molar-refractivity contribution in [2.45, 2.75) is 70.7 Å². The van der Waals surface area contributed by atoms with Gasteiger partial charge in [-0.05, 0) is 74.4 Å². The second-order valence-electron chi connectivity index (χ2n) is 9.71. The van der Waals surface area contributed by atoms with Crippen LogP contribution in [0.4, 0.5) is 0 Å². The highest BCUT2D eigenvalue weighted by Crippen LogP contribution is 2.52. The lowest BCUT2D eigenvalue weighted by molar-refractivity contribution is -0.188. The third-order valence-corrected chi connectivity index (χ3v) is 7.08. The molecule has 2 aromatic carbocycles. The highest BCUT2D eigenvalue weighted by atomic mass is 35.5. The average Bonchev–Trinajstić information content (AvgIpc) is 2.71. The Bertz CT molecular complexity index is 968. The molecule has 0 radical (unpaired) electrons. The lowest BCUT2D eigenvalue weighted by atomic mass is 9.71. The number of carbonyl (C=O) groups is 1. The topological polar surface area (TPSA) is 55.8 Å². The zero-order chi connectivity index (χ0) is 22.3. The van der Waals surface area contributed by atoms with Crippen LogP contribution in [0.3, 0.4) is 0 Å². The maximum Gasteiger partial charge on any atom is 0.309 e. The third kappa shape index (κ3) is 4.47. The van der Waals surface area contributed by atoms with Gasteiger partial charge in [-0.3, -0.25) is 4.79 Å². The number of aliphatic carboxylic acids is 1. The van der Waals surface area contributed by atoms with Gasteiger partial charge in [0.2, 0.25) is 0 Å². The van der Waals surface area contributed by atoms with E-state index in [-0.39, 0.29) is 18.1 Å². The molecule has 1 saturated heterocycles. The van der Waals surface area contributed by atoms with Crippen molar-refractivity contribution in [1.29, 1.82) is 0 Å². The number of ether oxygens (including phenoxy) is 2. The Labute approximate surface area is 189 Å². The summed E-state index contributed by atoms with van der Waals surface area (Å²) in [6.45, 7) is 8.42. The Morgan fingerprint density at radius 3 is 2.68 bits per heavy atom. The van der Waals surface area contributed by atoms with E-state index in [1.54, 1.807) is 0 Å². The molecule has 0 saturated carbocycles. The molecule has 1 N–H and O–H groups in total. The predicted molar refractivity (Wildman–Crippen MR) is 122 cm³/mol. The van der Waals surface area contributed by atoms with E-state index in [2.05, 4.69) is 26.0 Å². The normalized spacial score (nSPS) is 26.6. The molecule has 0 amide bonds. The molecule has 0 aliphatic carbocycles. The van der Waals surface area contributed by atoms with Gasteiger partial charge in [-0.1, -0.05) is 43.6 Å². The Morgan fingerprint density at radius 1 is 1.23 bits per heavy atom. The molecular formula is C26H31ClO4. The van der Waals surface area contributed by atoms with Gasteiger partial charge in [0.15, 0.2) is 0 Å². The molecule has 2 aliphatic heterocycles. The molecule has 4 rings (SSSR count). The van der Waals surface area contributed by atoms with Crippen molar-refractivity contribution in [2.75, 3.05) is 0 Å². The molecule has 2 heterocycles. The molecule has 31 heavy (non-hydrogen) atoms. The van der Waals surface area contributed by atoms with Gasteiger partial charge >= 0.3 is 5.97 Å². The number of fused-ring (bicyclic) bond motifs is 3. The predicted octanol–water partition coefficient (Wildman–Crippen LogP) is 6.41. The number of carboxylic acids is 1. The summed E-state index contributed by atoms with van der Waals surface area (Å²) in [6.07, 6.45) is 1.38. The van der Waals surface area contributed by atoms with Gasteiger partial charge in [0.1, 0.15) is 11.4 Å². The molecule has 0 unspecified atom stereocenters. The van der Waals surface area contributed by atoms with E-state index in [1.807, 2.05) is 44.2 Å². The number of carboxylic acid groups (broad SMARTS) is 1. The van der Waals surface area contributed by atoms with Crippen LogP contribution >= 0.6 is 11.6 Å². The van der Waals surface area contributed by atoms with Crippen LogP contribution in [0.2, 0.25) is 5.02 Å². The van der Waals surface area contributed by atoms with Crippen molar-refractivity contribution in [3.05, 3.63) is 64.2 Å². The van der Waals surface area contributed by atoms with Gasteiger partial charge in [0.05, 0.1) is 18.1 Å². The van der Waals surface area contributed by atoms with Gasteiger partial charge < -0.3 is 14.6 Å². The summed E-state index contributed by atoms with van der Waals surface area (Å²) in [5.41, 5.74) is 2.88. The fraction of sp³-hybridized carbons (Fsp3) is 0.500. The lowest BCUT2D eigenvalue weighted by Crippen LogP contribution is -2.52. The molecule has 4 nitrogen and oxygen atoms in total. The van der Waals surface area contributed by atoms with E-state index in [9.17, 15) is 9.90 Å². The van der Waals surface area contributed by atoms with Crippen LogP contribution in [0.25, 0.3) is 0 Å². The Hall–Kier alpha value is -2.04. The number of halogens is 1. The third-order valence-electron chi connectivity index (χ3n) is 6.84. The van der Waals surface area contributed by atoms with Crippen LogP contribution < -0.4 is 4.74 Å². The van der Waals surface area contributed by atoms with Crippen molar-refractivity contribution >= 4 is 17.6 Å². The summed E-state index contributed by atoms with van der Waals surface area (Å²) in [4.78, 5) is 12.2. The summed E-state index contributed by atoms with van der Waals surface area (Å²) in [5, 5.41) is 10.7. The van der Waals surface area contributed by atoms with Gasteiger partial charge in [0.25, 0.3) is 0 Å². The van der Waals surface area contributed by atoms with Gasteiger partial charge in [0, 0.05) is 16.5 Å². The molecule has 2 aromatic rings. The fourth-order valence-electron chi connectivity index (χ4n) is 5.00. The minimum atomic E-state index is -0.799. The van der Waals surface area contributed by atoms with E-state index in [4.69, 9.17) is 21.1 Å². The zero-order valence-electron chi connectivity index (χ0n) is 18.6. The number of rotatable bonds is 5. The first-order valence-corrected chi connectivity index (χ1v) is 11.5. The minimum Gasteiger partial charge on any atom is -0.487 e. The van der Waals surface area contributed by atoms with E-state index < -0.39 is 17.5 Å². The average molecular weight is 443 g/mol. The first kappa shape index (κ1) is 22.2. The highest BCUT2D eigenvalue weighted by molar-refractivity contribution is 6.30. The Morgan fingerprint density at radius 2 is 2.00 bits per heavy atom. The Kier molecular flexibility index (Phi) is 6.06. The molecule has 0 bridgehead atoms. The summed E-state index contributed by atoms with van der Waals surface area (Å²) < 4.78 is 13.0. The van der Waals surface area contributed by atoms with Crippen LogP contribution in [0.5, 0.6) is 5.75 Å². The summed E-state index contributed by atoms with van der Waals surface area (Å²) >= 11 is 6.13. The van der Waals surface area contributed by atoms with Crippen molar-refractivity contribution in [3.63, 3.8) is 0 Å². The minimum absolute atomic E-state index is 0.0223. The van der Waals surface area contributed by atoms with Crippen LogP contribution in [-0.2, 0) is 16.0 Å². The van der Waals surface area contributed by atoms with Crippen molar-refractivity contribution < 1.29 is 19.4 Å². The summed E-state index contributed by atoms with van der Waals surface area (Å²) in [7, 11) is 0. The quantitative estimate of drug-likeness (QED) is 0.580. The molecular weight excluding hydrogens is 412 g/mol. The van der Waals surface area contributed by atoms with E-state index in [0.717, 1.165) is 23.3 Å². The second kappa shape index (κ2) is 8.48. The number of hydrogen-bond donors (Lipinski definition) is 1. The smallest absolute Gasteiger partial charge is 0.309 e. The van der Waals surface area contributed by atoms with Crippen LogP contribution in [0, 0.1) is 11.8 Å². The standard InChI is InChI=1S/C26H31ClO4/c1-15(2)17-9-11-23-19(13-17)24-21(26(3,4)31-23)14-20(25(28)29)22(30-24)10-8-16-6-5-7-18(27)12-16/h5-7,9,11-13,15,20-22,24H,8,10,14H2,1-4H3,(H,28,29)/t20-,21-,22-,24+/m0/s1. The number of benzene rings is 2. The van der Waals surface area contributed by atoms with Gasteiger partial charge in [-0.25, -0.2) is 0 Å². The van der Waals surface area contributed by atoms with Crippen LogP contribution in [0.1, 0.15) is 69.2 Å². The van der Waals surface area contributed by atoms with Crippen LogP contribution in [0.15, 0.2) is 42.5 Å². The van der Waals surface area contributed by atoms with Crippen molar-refractivity contribution in [1.82, 2.24) is 0 Å². The first-order chi connectivity index (χ1) is 14.7. The maximum absolute atomic E-state index is 12.2. The van der Waals surface area contributed by atoms with Crippen molar-refractivity contribution in [3.8, 4) is 5.75 Å². The van der Waals surface area contributed by atoms with E-state index >= 15 is 0 Å². The largest absolute Gasteiger partial charge is 0.487 e.